The van der Waals surface area contributed by atoms with Crippen LogP contribution in [0, 0.1) is 11.7 Å². The van der Waals surface area contributed by atoms with Crippen molar-refractivity contribution in [2.75, 3.05) is 12.4 Å². The third-order valence-electron chi connectivity index (χ3n) is 2.17. The van der Waals surface area contributed by atoms with Crippen LogP contribution in [0.15, 0.2) is 18.3 Å². The van der Waals surface area contributed by atoms with Crippen molar-refractivity contribution in [1.29, 1.82) is 0 Å². The summed E-state index contributed by atoms with van der Waals surface area (Å²) >= 11 is 5.58. The van der Waals surface area contributed by atoms with Crippen molar-refractivity contribution in [3.05, 3.63) is 29.8 Å². The summed E-state index contributed by atoms with van der Waals surface area (Å²) in [6.07, 6.45) is 1.87. The Morgan fingerprint density at radius 1 is 1.62 bits per heavy atom. The van der Waals surface area contributed by atoms with Crippen LogP contribution in [0.25, 0.3) is 0 Å². The average Bonchev–Trinajstić information content (AvgIpc) is 2.27. The molecule has 5 heteroatoms. The Morgan fingerprint density at radius 2 is 2.38 bits per heavy atom. The van der Waals surface area contributed by atoms with Crippen molar-refractivity contribution < 1.29 is 9.18 Å². The van der Waals surface area contributed by atoms with Gasteiger partial charge in [-0.15, -0.1) is 11.6 Å². The normalized spacial score (nSPS) is 12.2. The number of rotatable bonds is 5. The molecule has 1 aromatic heterocycles. The van der Waals surface area contributed by atoms with Gasteiger partial charge in [0, 0.05) is 12.4 Å². The predicted molar refractivity (Wildman–Crippen MR) is 61.0 cm³/mol. The summed E-state index contributed by atoms with van der Waals surface area (Å²) in [5.74, 6) is 0.154. The number of carbonyl (C=O) groups is 1. The third kappa shape index (κ3) is 4.14. The number of hydrogen-bond donors (Lipinski definition) is 1. The number of nitrogens with one attached hydrogen (secondary N) is 1. The highest BCUT2D eigenvalue weighted by Crippen LogP contribution is 2.02. The second-order valence-electron chi connectivity index (χ2n) is 3.65. The summed E-state index contributed by atoms with van der Waals surface area (Å²) < 4.78 is 12.6. The van der Waals surface area contributed by atoms with Gasteiger partial charge in [0.05, 0.1) is 6.20 Å². The number of nitrogens with zero attached hydrogens (tertiary/aromatic N) is 1. The van der Waals surface area contributed by atoms with Crippen LogP contribution in [0.2, 0.25) is 0 Å². The summed E-state index contributed by atoms with van der Waals surface area (Å²) in [5, 5.41) is 2.72. The first kappa shape index (κ1) is 12.9. The molecule has 0 spiro atoms. The van der Waals surface area contributed by atoms with Gasteiger partial charge in [-0.25, -0.2) is 9.37 Å². The molecule has 1 rings (SSSR count). The molecule has 0 aliphatic rings. The summed E-state index contributed by atoms with van der Waals surface area (Å²) in [4.78, 5) is 15.2. The Morgan fingerprint density at radius 3 is 2.94 bits per heavy atom. The van der Waals surface area contributed by atoms with E-state index in [-0.39, 0.29) is 11.6 Å². The lowest BCUT2D eigenvalue weighted by molar-refractivity contribution is 0.0943. The van der Waals surface area contributed by atoms with E-state index in [1.165, 1.54) is 12.1 Å². The summed E-state index contributed by atoms with van der Waals surface area (Å²) in [5.41, 5.74) is 0.222. The minimum atomic E-state index is -0.452. The number of hydrogen-bond acceptors (Lipinski definition) is 2. The molecule has 3 nitrogen and oxygen atoms in total. The minimum absolute atomic E-state index is 0.222. The molecule has 1 aromatic rings. The Balaban J connectivity index is 2.43. The topological polar surface area (TPSA) is 42.0 Å². The second kappa shape index (κ2) is 6.43. The van der Waals surface area contributed by atoms with E-state index in [0.29, 0.717) is 18.3 Å². The van der Waals surface area contributed by atoms with Crippen LogP contribution in [0.4, 0.5) is 4.39 Å². The highest BCUT2D eigenvalue weighted by Gasteiger charge is 2.08. The van der Waals surface area contributed by atoms with Crippen LogP contribution < -0.4 is 5.32 Å². The maximum absolute atomic E-state index is 12.6. The molecular formula is C11H14ClFN2O. The van der Waals surface area contributed by atoms with E-state index < -0.39 is 5.82 Å². The molecule has 0 fully saturated rings. The van der Waals surface area contributed by atoms with E-state index in [1.807, 2.05) is 6.92 Å². The molecule has 0 aliphatic carbocycles. The molecule has 0 aromatic carbocycles. The maximum Gasteiger partial charge on any atom is 0.269 e. The Hall–Kier alpha value is -1.16. The molecule has 1 atom stereocenters. The highest BCUT2D eigenvalue weighted by atomic mass is 35.5. The fraction of sp³-hybridized carbons (Fsp3) is 0.455. The van der Waals surface area contributed by atoms with Gasteiger partial charge < -0.3 is 5.32 Å². The number of alkyl halides is 1. The monoisotopic (exact) mass is 244 g/mol. The van der Waals surface area contributed by atoms with E-state index in [9.17, 15) is 9.18 Å². The predicted octanol–water partition coefficient (Wildman–Crippen LogP) is 2.22. The smallest absolute Gasteiger partial charge is 0.269 e. The van der Waals surface area contributed by atoms with Gasteiger partial charge in [-0.3, -0.25) is 4.79 Å². The molecule has 16 heavy (non-hydrogen) atoms. The van der Waals surface area contributed by atoms with Gasteiger partial charge in [0.25, 0.3) is 5.91 Å². The van der Waals surface area contributed by atoms with Crippen molar-refractivity contribution in [2.45, 2.75) is 13.3 Å². The molecule has 88 valence electrons. The van der Waals surface area contributed by atoms with E-state index in [1.54, 1.807) is 0 Å². The highest BCUT2D eigenvalue weighted by molar-refractivity contribution is 6.17. The van der Waals surface area contributed by atoms with Gasteiger partial charge >= 0.3 is 0 Å². The van der Waals surface area contributed by atoms with E-state index in [2.05, 4.69) is 10.3 Å². The van der Waals surface area contributed by atoms with E-state index >= 15 is 0 Å². The van der Waals surface area contributed by atoms with Gasteiger partial charge in [0.15, 0.2) is 0 Å². The fourth-order valence-electron chi connectivity index (χ4n) is 1.16. The number of amides is 1. The Kier molecular flexibility index (Phi) is 5.19. The first-order valence-electron chi connectivity index (χ1n) is 5.09. The molecule has 1 unspecified atom stereocenters. The van der Waals surface area contributed by atoms with Crippen LogP contribution in [-0.2, 0) is 0 Å². The van der Waals surface area contributed by atoms with Crippen molar-refractivity contribution in [2.24, 2.45) is 5.92 Å². The lowest BCUT2D eigenvalue weighted by Gasteiger charge is -2.10. The molecule has 0 bridgehead atoms. The zero-order chi connectivity index (χ0) is 12.0. The molecule has 0 saturated carbocycles. The number of carbonyl (C=O) groups excluding carboxylic acids is 1. The zero-order valence-electron chi connectivity index (χ0n) is 9.04. The van der Waals surface area contributed by atoms with Gasteiger partial charge in [-0.1, -0.05) is 6.92 Å². The van der Waals surface area contributed by atoms with E-state index in [0.717, 1.165) is 12.6 Å². The van der Waals surface area contributed by atoms with Crippen molar-refractivity contribution in [3.8, 4) is 0 Å². The van der Waals surface area contributed by atoms with Crippen LogP contribution in [0.3, 0.4) is 0 Å². The van der Waals surface area contributed by atoms with Gasteiger partial charge in [-0.2, -0.15) is 0 Å². The van der Waals surface area contributed by atoms with Crippen molar-refractivity contribution in [3.63, 3.8) is 0 Å². The van der Waals surface area contributed by atoms with Gasteiger partial charge in [0.1, 0.15) is 11.5 Å². The van der Waals surface area contributed by atoms with Gasteiger partial charge in [-0.05, 0) is 24.5 Å². The largest absolute Gasteiger partial charge is 0.350 e. The van der Waals surface area contributed by atoms with Crippen molar-refractivity contribution in [1.82, 2.24) is 10.3 Å². The van der Waals surface area contributed by atoms with Crippen LogP contribution in [0.5, 0.6) is 0 Å². The van der Waals surface area contributed by atoms with Gasteiger partial charge in [0.2, 0.25) is 0 Å². The summed E-state index contributed by atoms with van der Waals surface area (Å²) in [7, 11) is 0. The van der Waals surface area contributed by atoms with E-state index in [4.69, 9.17) is 11.6 Å². The zero-order valence-corrected chi connectivity index (χ0v) is 9.80. The molecule has 1 N–H and O–H groups in total. The van der Waals surface area contributed by atoms with Crippen LogP contribution >= 0.6 is 11.6 Å². The third-order valence-corrected chi connectivity index (χ3v) is 2.39. The number of aromatic nitrogens is 1. The number of pyridine rings is 1. The fourth-order valence-corrected chi connectivity index (χ4v) is 1.53. The molecule has 0 saturated heterocycles. The lowest BCUT2D eigenvalue weighted by atomic mass is 10.1. The summed E-state index contributed by atoms with van der Waals surface area (Å²) in [6.45, 7) is 2.55. The first-order chi connectivity index (χ1) is 7.63. The molecule has 0 radical (unpaired) electrons. The summed E-state index contributed by atoms with van der Waals surface area (Å²) in [6, 6.07) is 2.57. The molecular weight excluding hydrogens is 231 g/mol. The lowest BCUT2D eigenvalue weighted by Crippen LogP contribution is -2.29. The quantitative estimate of drug-likeness (QED) is 0.807. The molecule has 1 amide bonds. The SMILES string of the molecule is CC(CCCl)CNC(=O)c1ccc(F)cn1. The van der Waals surface area contributed by atoms with Crippen LogP contribution in [-0.4, -0.2) is 23.3 Å². The Bertz CT molecular complexity index is 342. The standard InChI is InChI=1S/C11H14ClFN2O/c1-8(4-5-12)6-15-11(16)10-3-2-9(13)7-14-10/h2-3,7-8H,4-6H2,1H3,(H,15,16). The van der Waals surface area contributed by atoms with Crippen LogP contribution in [0.1, 0.15) is 23.8 Å². The second-order valence-corrected chi connectivity index (χ2v) is 4.03. The average molecular weight is 245 g/mol. The minimum Gasteiger partial charge on any atom is -0.350 e. The molecule has 0 aliphatic heterocycles. The number of halogens is 2. The first-order valence-corrected chi connectivity index (χ1v) is 5.62. The maximum atomic E-state index is 12.6. The molecule has 1 heterocycles. The van der Waals surface area contributed by atoms with Crippen molar-refractivity contribution >= 4 is 17.5 Å². The Labute approximate surface area is 99.0 Å².